The Kier molecular flexibility index (Phi) is 7.05. The number of halogens is 2. The van der Waals surface area contributed by atoms with Gasteiger partial charge in [-0.25, -0.2) is 23.5 Å². The number of piperazine rings is 1. The highest BCUT2D eigenvalue weighted by Crippen LogP contribution is 2.26. The highest BCUT2D eigenvalue weighted by Gasteiger charge is 2.25. The summed E-state index contributed by atoms with van der Waals surface area (Å²) < 4.78 is 27.1. The van der Waals surface area contributed by atoms with Gasteiger partial charge in [-0.3, -0.25) is 0 Å². The summed E-state index contributed by atoms with van der Waals surface area (Å²) in [7, 11) is 0. The number of amides is 2. The second-order valence-corrected chi connectivity index (χ2v) is 8.56. The lowest BCUT2D eigenvalue weighted by atomic mass is 10.0. The lowest BCUT2D eigenvalue weighted by Crippen LogP contribution is -2.50. The van der Waals surface area contributed by atoms with Crippen molar-refractivity contribution in [3.63, 3.8) is 0 Å². The third-order valence-electron chi connectivity index (χ3n) is 6.06. The molecule has 0 radical (unpaired) electrons. The smallest absolute Gasteiger partial charge is 0.322 e. The van der Waals surface area contributed by atoms with Crippen molar-refractivity contribution in [2.75, 3.05) is 36.4 Å². The average molecular weight is 466 g/mol. The number of aryl methyl sites for hydroxylation is 3. The molecule has 6 nitrogen and oxygen atoms in total. The molecule has 4 rings (SSSR count). The lowest BCUT2D eigenvalue weighted by Gasteiger charge is -2.36. The SMILES string of the molecule is CCc1nc(C)nc(N2CCN(C(=O)Nc3ccc(F)cc3F)CC2)c1Cc1ccc(C)cc1. The largest absolute Gasteiger partial charge is 0.353 e. The molecule has 0 saturated carbocycles. The highest BCUT2D eigenvalue weighted by molar-refractivity contribution is 5.89. The van der Waals surface area contributed by atoms with Crippen LogP contribution in [0.15, 0.2) is 42.5 Å². The minimum atomic E-state index is -0.795. The Morgan fingerprint density at radius 1 is 1.00 bits per heavy atom. The number of carbonyl (C=O) groups excluding carboxylic acids is 1. The van der Waals surface area contributed by atoms with Crippen molar-refractivity contribution in [1.82, 2.24) is 14.9 Å². The number of anilines is 2. The van der Waals surface area contributed by atoms with Gasteiger partial charge >= 0.3 is 6.03 Å². The van der Waals surface area contributed by atoms with Crippen LogP contribution in [-0.4, -0.2) is 47.1 Å². The fraction of sp³-hybridized carbons (Fsp3) is 0.346. The Hall–Kier alpha value is -3.55. The summed E-state index contributed by atoms with van der Waals surface area (Å²) >= 11 is 0. The van der Waals surface area contributed by atoms with Gasteiger partial charge in [-0.05, 0) is 38.0 Å². The van der Waals surface area contributed by atoms with Crippen LogP contribution in [0.4, 0.5) is 25.1 Å². The van der Waals surface area contributed by atoms with Crippen LogP contribution >= 0.6 is 0 Å². The zero-order valence-corrected chi connectivity index (χ0v) is 19.7. The zero-order chi connectivity index (χ0) is 24.2. The molecule has 1 saturated heterocycles. The monoisotopic (exact) mass is 465 g/mol. The molecule has 8 heteroatoms. The molecule has 1 fully saturated rings. The van der Waals surface area contributed by atoms with E-state index in [1.165, 1.54) is 17.2 Å². The molecule has 3 aromatic rings. The molecule has 0 unspecified atom stereocenters. The van der Waals surface area contributed by atoms with Crippen LogP contribution < -0.4 is 10.2 Å². The summed E-state index contributed by atoms with van der Waals surface area (Å²) in [5.74, 6) is 0.162. The molecule has 0 spiro atoms. The van der Waals surface area contributed by atoms with Gasteiger partial charge in [0.15, 0.2) is 0 Å². The van der Waals surface area contributed by atoms with Crippen LogP contribution in [0.2, 0.25) is 0 Å². The average Bonchev–Trinajstić information content (AvgIpc) is 2.83. The van der Waals surface area contributed by atoms with Crippen molar-refractivity contribution in [3.8, 4) is 0 Å². The van der Waals surface area contributed by atoms with E-state index in [-0.39, 0.29) is 5.69 Å². The molecular weight excluding hydrogens is 436 g/mol. The van der Waals surface area contributed by atoms with Gasteiger partial charge in [-0.15, -0.1) is 0 Å². The van der Waals surface area contributed by atoms with Crippen LogP contribution in [0.25, 0.3) is 0 Å². The van der Waals surface area contributed by atoms with Crippen LogP contribution in [0.5, 0.6) is 0 Å². The van der Waals surface area contributed by atoms with E-state index in [0.29, 0.717) is 26.2 Å². The summed E-state index contributed by atoms with van der Waals surface area (Å²) in [6, 6.07) is 11.2. The van der Waals surface area contributed by atoms with Crippen molar-refractivity contribution in [2.24, 2.45) is 0 Å². The van der Waals surface area contributed by atoms with Crippen molar-refractivity contribution in [2.45, 2.75) is 33.6 Å². The molecule has 178 valence electrons. The van der Waals surface area contributed by atoms with Gasteiger partial charge in [-0.1, -0.05) is 36.8 Å². The van der Waals surface area contributed by atoms with Gasteiger partial charge < -0.3 is 15.1 Å². The van der Waals surface area contributed by atoms with Crippen molar-refractivity contribution in [1.29, 1.82) is 0 Å². The number of nitrogens with one attached hydrogen (secondary N) is 1. The number of nitrogens with zero attached hydrogens (tertiary/aromatic N) is 4. The number of carbonyl (C=O) groups is 1. The molecule has 0 aliphatic carbocycles. The molecule has 1 aromatic heterocycles. The summed E-state index contributed by atoms with van der Waals surface area (Å²) in [4.78, 5) is 26.0. The predicted octanol–water partition coefficient (Wildman–Crippen LogP) is 4.88. The van der Waals surface area contributed by atoms with Crippen molar-refractivity contribution < 1.29 is 13.6 Å². The first kappa shape index (κ1) is 23.6. The fourth-order valence-electron chi connectivity index (χ4n) is 4.19. The minimum absolute atomic E-state index is 0.0340. The van der Waals surface area contributed by atoms with Crippen molar-refractivity contribution in [3.05, 3.63) is 82.3 Å². The maximum absolute atomic E-state index is 13.9. The third-order valence-corrected chi connectivity index (χ3v) is 6.06. The van der Waals surface area contributed by atoms with E-state index in [0.717, 1.165) is 47.9 Å². The molecule has 2 amide bonds. The van der Waals surface area contributed by atoms with E-state index >= 15 is 0 Å². The van der Waals surface area contributed by atoms with Crippen LogP contribution in [0.3, 0.4) is 0 Å². The molecule has 0 bridgehead atoms. The van der Waals surface area contributed by atoms with Crippen LogP contribution in [-0.2, 0) is 12.8 Å². The zero-order valence-electron chi connectivity index (χ0n) is 19.7. The third kappa shape index (κ3) is 5.32. The lowest BCUT2D eigenvalue weighted by molar-refractivity contribution is 0.208. The first-order valence-electron chi connectivity index (χ1n) is 11.5. The molecule has 0 atom stereocenters. The van der Waals surface area contributed by atoms with Gasteiger partial charge in [0.05, 0.1) is 5.69 Å². The molecular formula is C26H29F2N5O. The second-order valence-electron chi connectivity index (χ2n) is 8.56. The molecule has 2 aromatic carbocycles. The first-order valence-corrected chi connectivity index (χ1v) is 11.5. The van der Waals surface area contributed by atoms with Crippen LogP contribution in [0, 0.1) is 25.5 Å². The first-order chi connectivity index (χ1) is 16.3. The number of benzene rings is 2. The maximum atomic E-state index is 13.9. The van der Waals surface area contributed by atoms with E-state index in [2.05, 4.69) is 48.3 Å². The topological polar surface area (TPSA) is 61.4 Å². The van der Waals surface area contributed by atoms with Gasteiger partial charge in [0.2, 0.25) is 0 Å². The minimum Gasteiger partial charge on any atom is -0.353 e. The normalized spacial score (nSPS) is 13.8. The van der Waals surface area contributed by atoms with Crippen molar-refractivity contribution >= 4 is 17.5 Å². The molecule has 2 heterocycles. The van der Waals surface area contributed by atoms with Gasteiger partial charge in [0.1, 0.15) is 23.3 Å². The van der Waals surface area contributed by atoms with E-state index in [1.807, 2.05) is 6.92 Å². The summed E-state index contributed by atoms with van der Waals surface area (Å²) in [6.07, 6.45) is 1.55. The Bertz CT molecular complexity index is 1170. The summed E-state index contributed by atoms with van der Waals surface area (Å²) in [5.41, 5.74) is 4.54. The van der Waals surface area contributed by atoms with Gasteiger partial charge in [0.25, 0.3) is 0 Å². The Morgan fingerprint density at radius 2 is 1.71 bits per heavy atom. The number of hydrogen-bond donors (Lipinski definition) is 1. The summed E-state index contributed by atoms with van der Waals surface area (Å²) in [5, 5.41) is 2.54. The molecule has 1 N–H and O–H groups in total. The van der Waals surface area contributed by atoms with E-state index in [9.17, 15) is 13.6 Å². The molecule has 1 aliphatic heterocycles. The molecule has 1 aliphatic rings. The Labute approximate surface area is 198 Å². The number of rotatable bonds is 5. The fourth-order valence-corrected chi connectivity index (χ4v) is 4.19. The predicted molar refractivity (Wildman–Crippen MR) is 129 cm³/mol. The van der Waals surface area contributed by atoms with Gasteiger partial charge in [-0.2, -0.15) is 0 Å². The Morgan fingerprint density at radius 3 is 2.35 bits per heavy atom. The summed E-state index contributed by atoms with van der Waals surface area (Å²) in [6.45, 7) is 8.19. The van der Waals surface area contributed by atoms with E-state index < -0.39 is 17.7 Å². The number of hydrogen-bond acceptors (Lipinski definition) is 4. The van der Waals surface area contributed by atoms with E-state index in [4.69, 9.17) is 9.97 Å². The number of urea groups is 1. The number of aromatic nitrogens is 2. The standard InChI is InChI=1S/C26H29F2N5O/c1-4-23-21(15-19-7-5-17(2)6-8-19)25(30-18(3)29-23)32-11-13-33(14-12-32)26(34)31-24-10-9-20(27)16-22(24)28/h5-10,16H,4,11-15H2,1-3H3,(H,31,34). The Balaban J connectivity index is 1.49. The quantitative estimate of drug-likeness (QED) is 0.584. The molecule has 34 heavy (non-hydrogen) atoms. The van der Waals surface area contributed by atoms with E-state index in [1.54, 1.807) is 4.90 Å². The van der Waals surface area contributed by atoms with Gasteiger partial charge in [0, 0.05) is 49.9 Å². The second kappa shape index (κ2) is 10.2. The maximum Gasteiger partial charge on any atom is 0.322 e. The highest BCUT2D eigenvalue weighted by atomic mass is 19.1. The van der Waals surface area contributed by atoms with Crippen LogP contribution in [0.1, 0.15) is 35.1 Å².